The molecule has 2 heteroatoms. The Labute approximate surface area is 104 Å². The van der Waals surface area contributed by atoms with Crippen molar-refractivity contribution in [2.75, 3.05) is 19.7 Å². The number of rotatable bonds is 4. The molecule has 0 bridgehead atoms. The second-order valence-corrected chi connectivity index (χ2v) is 5.04. The van der Waals surface area contributed by atoms with Crippen LogP contribution in [0.1, 0.15) is 42.9 Å². The van der Waals surface area contributed by atoms with Crippen molar-refractivity contribution in [3.05, 3.63) is 35.4 Å². The van der Waals surface area contributed by atoms with E-state index in [0.717, 1.165) is 13.0 Å². The monoisotopic (exact) mass is 233 g/mol. The van der Waals surface area contributed by atoms with Gasteiger partial charge in [0, 0.05) is 19.2 Å². The molecule has 1 N–H and O–H groups in total. The largest absolute Gasteiger partial charge is 0.396 e. The lowest BCUT2D eigenvalue weighted by atomic mass is 9.94. The second kappa shape index (κ2) is 6.18. The van der Waals surface area contributed by atoms with E-state index < -0.39 is 0 Å². The van der Waals surface area contributed by atoms with E-state index in [0.29, 0.717) is 12.6 Å². The number of likely N-dealkylation sites (tertiary alicyclic amines) is 1. The highest BCUT2D eigenvalue weighted by molar-refractivity contribution is 5.24. The molecular weight excluding hydrogens is 210 g/mol. The van der Waals surface area contributed by atoms with Crippen molar-refractivity contribution < 1.29 is 5.11 Å². The number of piperidine rings is 1. The zero-order chi connectivity index (χ0) is 12.1. The van der Waals surface area contributed by atoms with Crippen molar-refractivity contribution in [3.8, 4) is 0 Å². The Morgan fingerprint density at radius 1 is 1.24 bits per heavy atom. The van der Waals surface area contributed by atoms with Crippen LogP contribution in [0, 0.1) is 6.92 Å². The Bertz CT molecular complexity index is 333. The van der Waals surface area contributed by atoms with E-state index in [4.69, 9.17) is 5.11 Å². The predicted molar refractivity (Wildman–Crippen MR) is 71.0 cm³/mol. The van der Waals surface area contributed by atoms with Crippen molar-refractivity contribution in [1.82, 2.24) is 4.90 Å². The molecule has 1 aromatic carbocycles. The first-order chi connectivity index (χ1) is 8.31. The fraction of sp³-hybridized carbons (Fsp3) is 0.600. The van der Waals surface area contributed by atoms with Gasteiger partial charge >= 0.3 is 0 Å². The number of aryl methyl sites for hydroxylation is 1. The summed E-state index contributed by atoms with van der Waals surface area (Å²) in [5.41, 5.74) is 2.76. The Morgan fingerprint density at radius 3 is 2.71 bits per heavy atom. The Morgan fingerprint density at radius 2 is 2.00 bits per heavy atom. The van der Waals surface area contributed by atoms with Crippen molar-refractivity contribution in [1.29, 1.82) is 0 Å². The standard InChI is InChI=1S/C15H23NO/c1-13-6-8-14(9-7-13)15-5-2-3-10-16(15)11-4-12-17/h6-9,15,17H,2-5,10-12H2,1H3. The van der Waals surface area contributed by atoms with Gasteiger partial charge in [-0.3, -0.25) is 4.90 Å². The van der Waals surface area contributed by atoms with Gasteiger partial charge in [-0.15, -0.1) is 0 Å². The van der Waals surface area contributed by atoms with E-state index in [1.807, 2.05) is 0 Å². The smallest absolute Gasteiger partial charge is 0.0443 e. The SMILES string of the molecule is Cc1ccc(C2CCCCN2CCCO)cc1. The molecule has 1 atom stereocenters. The number of hydrogen-bond acceptors (Lipinski definition) is 2. The molecule has 1 aliphatic rings. The van der Waals surface area contributed by atoms with Crippen LogP contribution in [0.2, 0.25) is 0 Å². The molecule has 0 saturated carbocycles. The number of benzene rings is 1. The van der Waals surface area contributed by atoms with E-state index in [1.54, 1.807) is 0 Å². The van der Waals surface area contributed by atoms with Crippen LogP contribution >= 0.6 is 0 Å². The molecule has 1 unspecified atom stereocenters. The number of aliphatic hydroxyl groups is 1. The van der Waals surface area contributed by atoms with Gasteiger partial charge in [0.1, 0.15) is 0 Å². The maximum atomic E-state index is 8.96. The first kappa shape index (κ1) is 12.6. The maximum absolute atomic E-state index is 8.96. The highest BCUT2D eigenvalue weighted by atomic mass is 16.3. The Hall–Kier alpha value is -0.860. The topological polar surface area (TPSA) is 23.5 Å². The van der Waals surface area contributed by atoms with Crippen LogP contribution < -0.4 is 0 Å². The fourth-order valence-corrected chi connectivity index (χ4v) is 2.70. The lowest BCUT2D eigenvalue weighted by molar-refractivity contribution is 0.135. The van der Waals surface area contributed by atoms with Crippen LogP contribution in [0.25, 0.3) is 0 Å². The van der Waals surface area contributed by atoms with Gasteiger partial charge in [0.05, 0.1) is 0 Å². The molecule has 1 fully saturated rings. The number of aliphatic hydroxyl groups excluding tert-OH is 1. The van der Waals surface area contributed by atoms with E-state index in [2.05, 4.69) is 36.1 Å². The summed E-state index contributed by atoms with van der Waals surface area (Å²) in [5.74, 6) is 0. The highest BCUT2D eigenvalue weighted by Gasteiger charge is 2.22. The first-order valence-corrected chi connectivity index (χ1v) is 6.73. The fourth-order valence-electron chi connectivity index (χ4n) is 2.70. The molecule has 0 aromatic heterocycles. The number of hydrogen-bond donors (Lipinski definition) is 1. The van der Waals surface area contributed by atoms with Crippen LogP contribution in [0.3, 0.4) is 0 Å². The minimum absolute atomic E-state index is 0.303. The molecule has 1 heterocycles. The number of nitrogens with zero attached hydrogens (tertiary/aromatic N) is 1. The zero-order valence-corrected chi connectivity index (χ0v) is 10.7. The summed E-state index contributed by atoms with van der Waals surface area (Å²) in [4.78, 5) is 2.53. The molecule has 1 saturated heterocycles. The van der Waals surface area contributed by atoms with Crippen molar-refractivity contribution in [3.63, 3.8) is 0 Å². The molecule has 17 heavy (non-hydrogen) atoms. The molecule has 1 aliphatic heterocycles. The summed E-state index contributed by atoms with van der Waals surface area (Å²) >= 11 is 0. The normalized spacial score (nSPS) is 21.6. The molecule has 0 amide bonds. The van der Waals surface area contributed by atoms with Gasteiger partial charge in [-0.05, 0) is 38.3 Å². The molecule has 0 spiro atoms. The summed E-state index contributed by atoms with van der Waals surface area (Å²) < 4.78 is 0. The average Bonchev–Trinajstić information content (AvgIpc) is 2.38. The van der Waals surface area contributed by atoms with Gasteiger partial charge in [0.15, 0.2) is 0 Å². The van der Waals surface area contributed by atoms with E-state index in [-0.39, 0.29) is 0 Å². The molecule has 0 aliphatic carbocycles. The van der Waals surface area contributed by atoms with Crippen molar-refractivity contribution >= 4 is 0 Å². The van der Waals surface area contributed by atoms with Crippen LogP contribution in [0.15, 0.2) is 24.3 Å². The van der Waals surface area contributed by atoms with Gasteiger partial charge < -0.3 is 5.11 Å². The van der Waals surface area contributed by atoms with Crippen LogP contribution in [0.4, 0.5) is 0 Å². The zero-order valence-electron chi connectivity index (χ0n) is 10.7. The van der Waals surface area contributed by atoms with Crippen LogP contribution in [0.5, 0.6) is 0 Å². The molecule has 2 nitrogen and oxygen atoms in total. The maximum Gasteiger partial charge on any atom is 0.0443 e. The minimum atomic E-state index is 0.303. The van der Waals surface area contributed by atoms with E-state index in [1.165, 1.54) is 36.9 Å². The third kappa shape index (κ3) is 3.30. The van der Waals surface area contributed by atoms with E-state index in [9.17, 15) is 0 Å². The average molecular weight is 233 g/mol. The van der Waals surface area contributed by atoms with E-state index >= 15 is 0 Å². The quantitative estimate of drug-likeness (QED) is 0.864. The lowest BCUT2D eigenvalue weighted by Gasteiger charge is -2.36. The van der Waals surface area contributed by atoms with Crippen LogP contribution in [-0.4, -0.2) is 29.7 Å². The van der Waals surface area contributed by atoms with Gasteiger partial charge in [-0.2, -0.15) is 0 Å². The Kier molecular flexibility index (Phi) is 4.57. The summed E-state index contributed by atoms with van der Waals surface area (Å²) in [6, 6.07) is 9.49. The van der Waals surface area contributed by atoms with Gasteiger partial charge in [0.25, 0.3) is 0 Å². The van der Waals surface area contributed by atoms with Gasteiger partial charge in [-0.1, -0.05) is 36.2 Å². The predicted octanol–water partition coefficient (Wildman–Crippen LogP) is 2.90. The van der Waals surface area contributed by atoms with Crippen molar-refractivity contribution in [2.45, 2.75) is 38.6 Å². The first-order valence-electron chi connectivity index (χ1n) is 6.73. The Balaban J connectivity index is 2.07. The summed E-state index contributed by atoms with van der Waals surface area (Å²) in [7, 11) is 0. The molecular formula is C15H23NO. The highest BCUT2D eigenvalue weighted by Crippen LogP contribution is 2.30. The second-order valence-electron chi connectivity index (χ2n) is 5.04. The molecule has 0 radical (unpaired) electrons. The summed E-state index contributed by atoms with van der Waals surface area (Å²) in [5, 5.41) is 8.96. The summed E-state index contributed by atoms with van der Waals surface area (Å²) in [6.07, 6.45) is 4.78. The summed E-state index contributed by atoms with van der Waals surface area (Å²) in [6.45, 7) is 4.64. The molecule has 94 valence electrons. The van der Waals surface area contributed by atoms with Gasteiger partial charge in [0.2, 0.25) is 0 Å². The van der Waals surface area contributed by atoms with Crippen molar-refractivity contribution in [2.24, 2.45) is 0 Å². The third-order valence-corrected chi connectivity index (χ3v) is 3.68. The third-order valence-electron chi connectivity index (χ3n) is 3.68. The van der Waals surface area contributed by atoms with Crippen LogP contribution in [-0.2, 0) is 0 Å². The molecule has 1 aromatic rings. The lowest BCUT2D eigenvalue weighted by Crippen LogP contribution is -2.34. The van der Waals surface area contributed by atoms with Gasteiger partial charge in [-0.25, -0.2) is 0 Å². The molecule has 2 rings (SSSR count). The minimum Gasteiger partial charge on any atom is -0.396 e.